The molecular formula is C28H40N6O5. The molecule has 2 atom stereocenters. The number of methoxy groups -OCH3 is 1. The minimum absolute atomic E-state index is 0.0404. The molecule has 0 bridgehead atoms. The maximum absolute atomic E-state index is 12.5. The molecule has 1 aromatic rings. The maximum Gasteiger partial charge on any atom is 0.253 e. The van der Waals surface area contributed by atoms with Gasteiger partial charge in [0, 0.05) is 37.1 Å². The molecule has 39 heavy (non-hydrogen) atoms. The van der Waals surface area contributed by atoms with Gasteiger partial charge in [-0.25, -0.2) is 9.98 Å². The molecule has 0 aliphatic carbocycles. The van der Waals surface area contributed by atoms with Gasteiger partial charge in [-0.05, 0) is 44.5 Å². The Morgan fingerprint density at radius 3 is 2.51 bits per heavy atom. The van der Waals surface area contributed by atoms with E-state index in [4.69, 9.17) is 25.7 Å². The molecule has 1 aromatic carbocycles. The van der Waals surface area contributed by atoms with E-state index >= 15 is 0 Å². The quantitative estimate of drug-likeness (QED) is 0.108. The molecule has 1 rings (SSSR count). The van der Waals surface area contributed by atoms with Crippen LogP contribution in [0.2, 0.25) is 0 Å². The standard InChI is InChI=1S/C28H40N6O5/c1-7-21(27(36)34-28(30)32-9-3)13-14-24(39-20(5)18-37-6)15-19(4)38-23-12-10-11-22(16-23)26(35)33-17-25(29)31-8-2/h8-13,15-16,19-20H,2-3,7,14,17-18H2,1,4-6H3,(H2,29,31)(H,33,35)(H3,30,32,34,36)/b21-13+,24-15+. The minimum Gasteiger partial charge on any atom is -0.493 e. The second-order valence-corrected chi connectivity index (χ2v) is 8.29. The van der Waals surface area contributed by atoms with Crippen LogP contribution in [0.5, 0.6) is 5.75 Å². The lowest BCUT2D eigenvalue weighted by Gasteiger charge is -2.19. The van der Waals surface area contributed by atoms with Crippen LogP contribution in [-0.4, -0.2) is 56.1 Å². The van der Waals surface area contributed by atoms with Gasteiger partial charge in [-0.1, -0.05) is 32.2 Å². The van der Waals surface area contributed by atoms with E-state index in [1.54, 1.807) is 43.5 Å². The van der Waals surface area contributed by atoms with Crippen molar-refractivity contribution in [2.45, 2.75) is 45.8 Å². The number of aliphatic imine (C=N–C) groups is 2. The van der Waals surface area contributed by atoms with Crippen LogP contribution >= 0.6 is 0 Å². The third-order valence-corrected chi connectivity index (χ3v) is 4.97. The molecular weight excluding hydrogens is 500 g/mol. The Morgan fingerprint density at radius 2 is 1.87 bits per heavy atom. The first-order chi connectivity index (χ1) is 18.6. The summed E-state index contributed by atoms with van der Waals surface area (Å²) in [5.74, 6) is 0.598. The number of rotatable bonds is 16. The van der Waals surface area contributed by atoms with Crippen molar-refractivity contribution >= 4 is 23.6 Å². The second-order valence-electron chi connectivity index (χ2n) is 8.29. The summed E-state index contributed by atoms with van der Waals surface area (Å²) in [7, 11) is 1.59. The van der Waals surface area contributed by atoms with Crippen molar-refractivity contribution in [1.82, 2.24) is 10.6 Å². The molecule has 0 heterocycles. The van der Waals surface area contributed by atoms with Crippen LogP contribution in [-0.2, 0) is 14.3 Å². The minimum atomic E-state index is -0.425. The number of amides is 2. The Balaban J connectivity index is 3.04. The molecule has 0 aromatic heterocycles. The van der Waals surface area contributed by atoms with E-state index in [9.17, 15) is 9.59 Å². The number of nitrogens with two attached hydrogens (primary N) is 2. The zero-order chi connectivity index (χ0) is 29.2. The Morgan fingerprint density at radius 1 is 1.15 bits per heavy atom. The number of carbonyl (C=O) groups excluding carboxylic acids is 2. The first-order valence-electron chi connectivity index (χ1n) is 12.4. The van der Waals surface area contributed by atoms with Crippen molar-refractivity contribution in [2.75, 3.05) is 20.3 Å². The average Bonchev–Trinajstić information content (AvgIpc) is 2.88. The highest BCUT2D eigenvalue weighted by Crippen LogP contribution is 2.18. The topological polar surface area (TPSA) is 163 Å². The molecule has 2 amide bonds. The summed E-state index contributed by atoms with van der Waals surface area (Å²) in [5, 5.41) is 5.21. The van der Waals surface area contributed by atoms with E-state index in [0.717, 1.165) is 0 Å². The van der Waals surface area contributed by atoms with Gasteiger partial charge in [0.15, 0.2) is 5.96 Å². The number of hydrogen-bond acceptors (Lipinski definition) is 7. The SMILES string of the molecule is C=CN=C(N)CNC(=O)c1cccc(OC(C)/C=C(\C/C=C(\CC)C(=O)NC(N)=NC=C)OC(C)COC)c1. The van der Waals surface area contributed by atoms with Crippen LogP contribution < -0.4 is 26.8 Å². The summed E-state index contributed by atoms with van der Waals surface area (Å²) in [5.41, 5.74) is 12.3. The lowest BCUT2D eigenvalue weighted by molar-refractivity contribution is -0.116. The van der Waals surface area contributed by atoms with Crippen molar-refractivity contribution in [3.8, 4) is 5.75 Å². The van der Waals surface area contributed by atoms with Gasteiger partial charge in [-0.3, -0.25) is 14.9 Å². The van der Waals surface area contributed by atoms with Gasteiger partial charge < -0.3 is 31.0 Å². The average molecular weight is 541 g/mol. The van der Waals surface area contributed by atoms with Gasteiger partial charge in [-0.2, -0.15) is 0 Å². The van der Waals surface area contributed by atoms with Gasteiger partial charge in [0.05, 0.1) is 18.9 Å². The first-order valence-corrected chi connectivity index (χ1v) is 12.4. The third-order valence-electron chi connectivity index (χ3n) is 4.97. The highest BCUT2D eigenvalue weighted by atomic mass is 16.5. The van der Waals surface area contributed by atoms with E-state index in [2.05, 4.69) is 33.8 Å². The van der Waals surface area contributed by atoms with E-state index in [1.807, 2.05) is 20.8 Å². The van der Waals surface area contributed by atoms with Gasteiger partial charge in [-0.15, -0.1) is 0 Å². The maximum atomic E-state index is 12.5. The zero-order valence-electron chi connectivity index (χ0n) is 23.1. The van der Waals surface area contributed by atoms with Crippen LogP contribution in [0.4, 0.5) is 0 Å². The summed E-state index contributed by atoms with van der Waals surface area (Å²) in [6.45, 7) is 13.0. The number of carbonyl (C=O) groups is 2. The molecule has 0 fully saturated rings. The molecule has 11 nitrogen and oxygen atoms in total. The number of ether oxygens (including phenoxy) is 3. The highest BCUT2D eigenvalue weighted by Gasteiger charge is 2.13. The smallest absolute Gasteiger partial charge is 0.253 e. The fraction of sp³-hybridized carbons (Fsp3) is 0.357. The van der Waals surface area contributed by atoms with Gasteiger partial charge in [0.1, 0.15) is 23.8 Å². The van der Waals surface area contributed by atoms with E-state index < -0.39 is 6.10 Å². The fourth-order valence-electron chi connectivity index (χ4n) is 3.29. The van der Waals surface area contributed by atoms with Crippen LogP contribution in [0.1, 0.15) is 44.0 Å². The molecule has 6 N–H and O–H groups in total. The van der Waals surface area contributed by atoms with Crippen molar-refractivity contribution in [3.05, 3.63) is 78.9 Å². The monoisotopic (exact) mass is 540 g/mol. The fourth-order valence-corrected chi connectivity index (χ4v) is 3.29. The number of benzene rings is 1. The molecule has 11 heteroatoms. The molecule has 0 aliphatic heterocycles. The van der Waals surface area contributed by atoms with Crippen molar-refractivity contribution in [2.24, 2.45) is 21.5 Å². The number of nitrogens with zero attached hydrogens (tertiary/aromatic N) is 2. The number of guanidine groups is 1. The number of amidine groups is 1. The molecule has 2 unspecified atom stereocenters. The largest absolute Gasteiger partial charge is 0.493 e. The van der Waals surface area contributed by atoms with Gasteiger partial charge >= 0.3 is 0 Å². The lowest BCUT2D eigenvalue weighted by Crippen LogP contribution is -2.37. The van der Waals surface area contributed by atoms with Crippen LogP contribution in [0, 0.1) is 0 Å². The van der Waals surface area contributed by atoms with Gasteiger partial charge in [0.25, 0.3) is 11.8 Å². The van der Waals surface area contributed by atoms with Crippen LogP contribution in [0.15, 0.2) is 83.3 Å². The molecule has 212 valence electrons. The van der Waals surface area contributed by atoms with Crippen molar-refractivity contribution < 1.29 is 23.8 Å². The normalized spacial score (nSPS) is 14.2. The van der Waals surface area contributed by atoms with E-state index in [0.29, 0.717) is 42.1 Å². The Kier molecular flexibility index (Phi) is 15.0. The zero-order valence-corrected chi connectivity index (χ0v) is 23.1. The molecule has 0 saturated heterocycles. The summed E-state index contributed by atoms with van der Waals surface area (Å²) < 4.78 is 17.3. The Labute approximate surface area is 230 Å². The number of nitrogens with one attached hydrogen (secondary N) is 2. The highest BCUT2D eigenvalue weighted by molar-refractivity contribution is 6.04. The molecule has 0 spiro atoms. The van der Waals surface area contributed by atoms with Crippen molar-refractivity contribution in [1.29, 1.82) is 0 Å². The molecule has 0 radical (unpaired) electrons. The molecule has 0 aliphatic rings. The summed E-state index contributed by atoms with van der Waals surface area (Å²) in [4.78, 5) is 32.6. The van der Waals surface area contributed by atoms with Gasteiger partial charge in [0.2, 0.25) is 0 Å². The number of allylic oxidation sites excluding steroid dienone is 1. The summed E-state index contributed by atoms with van der Waals surface area (Å²) in [6, 6.07) is 6.76. The van der Waals surface area contributed by atoms with E-state index in [1.165, 1.54) is 12.4 Å². The van der Waals surface area contributed by atoms with E-state index in [-0.39, 0.29) is 36.3 Å². The Bertz CT molecular complexity index is 1110. The Hall–Kier alpha value is -4.38. The molecule has 0 saturated carbocycles. The predicted octanol–water partition coefficient (Wildman–Crippen LogP) is 2.92. The summed E-state index contributed by atoms with van der Waals surface area (Å²) in [6.07, 6.45) is 6.26. The third kappa shape index (κ3) is 13.1. The summed E-state index contributed by atoms with van der Waals surface area (Å²) >= 11 is 0. The predicted molar refractivity (Wildman–Crippen MR) is 154 cm³/mol. The van der Waals surface area contributed by atoms with Crippen LogP contribution in [0.25, 0.3) is 0 Å². The second kappa shape index (κ2) is 18.0. The lowest BCUT2D eigenvalue weighted by atomic mass is 10.1. The first kappa shape index (κ1) is 32.6. The van der Waals surface area contributed by atoms with Crippen molar-refractivity contribution in [3.63, 3.8) is 0 Å². The number of hydrogen-bond donors (Lipinski definition) is 4. The van der Waals surface area contributed by atoms with Crippen LogP contribution in [0.3, 0.4) is 0 Å².